The molecule has 1 amide bonds. The quantitative estimate of drug-likeness (QED) is 0.406. The summed E-state index contributed by atoms with van der Waals surface area (Å²) in [5, 5.41) is 11.7. The summed E-state index contributed by atoms with van der Waals surface area (Å²) in [5.74, 6) is 0.127. The van der Waals surface area contributed by atoms with Crippen LogP contribution in [0.2, 0.25) is 0 Å². The predicted molar refractivity (Wildman–Crippen MR) is 136 cm³/mol. The number of nitrogens with zero attached hydrogens (tertiary/aromatic N) is 4. The zero-order valence-corrected chi connectivity index (χ0v) is 20.8. The normalized spacial score (nSPS) is 21.0. The lowest BCUT2D eigenvalue weighted by Crippen LogP contribution is -2.45. The minimum atomic E-state index is -0.377. The lowest BCUT2D eigenvalue weighted by molar-refractivity contribution is -0.385. The molecule has 8 nitrogen and oxygen atoms in total. The van der Waals surface area contributed by atoms with Crippen molar-refractivity contribution in [2.45, 2.75) is 45.9 Å². The highest BCUT2D eigenvalue weighted by atomic mass is 16.6. The van der Waals surface area contributed by atoms with Crippen LogP contribution >= 0.6 is 0 Å². The van der Waals surface area contributed by atoms with E-state index in [9.17, 15) is 14.9 Å². The first-order valence-corrected chi connectivity index (χ1v) is 12.7. The Hall–Kier alpha value is -2.97. The molecule has 35 heavy (non-hydrogen) atoms. The molecule has 2 aromatic carbocycles. The zero-order valence-electron chi connectivity index (χ0n) is 20.8. The smallest absolute Gasteiger partial charge is 0.270 e. The van der Waals surface area contributed by atoms with Crippen molar-refractivity contribution in [2.75, 3.05) is 44.2 Å². The highest BCUT2D eigenvalue weighted by Crippen LogP contribution is 2.38. The highest BCUT2D eigenvalue weighted by Gasteiger charge is 2.33. The fourth-order valence-electron chi connectivity index (χ4n) is 5.28. The Morgan fingerprint density at radius 2 is 1.89 bits per heavy atom. The van der Waals surface area contributed by atoms with Gasteiger partial charge in [0.15, 0.2) is 0 Å². The van der Waals surface area contributed by atoms with Crippen molar-refractivity contribution in [3.05, 3.63) is 69.8 Å². The molecule has 0 radical (unpaired) electrons. The van der Waals surface area contributed by atoms with Gasteiger partial charge < -0.3 is 14.5 Å². The summed E-state index contributed by atoms with van der Waals surface area (Å²) in [6.45, 7) is 9.04. The fourth-order valence-corrected chi connectivity index (χ4v) is 5.28. The minimum absolute atomic E-state index is 0.0605. The number of carbonyl (C=O) groups is 1. The van der Waals surface area contributed by atoms with E-state index in [1.54, 1.807) is 12.1 Å². The van der Waals surface area contributed by atoms with E-state index in [1.165, 1.54) is 5.56 Å². The van der Waals surface area contributed by atoms with Crippen molar-refractivity contribution in [1.82, 2.24) is 9.80 Å². The van der Waals surface area contributed by atoms with Crippen molar-refractivity contribution in [2.24, 2.45) is 5.92 Å². The molecule has 2 saturated heterocycles. The standard InChI is InChI=1S/C27H36N4O4/c1-3-28(4-2)26(32)22-12-8-15-29(20-22)25-14-13-23(31(33)34)18-24(25)27-30(16-9-17-35-27)19-21-10-6-5-7-11-21/h5-7,10-11,13-14,18,22,27H,3-4,8-9,12,15-17,19-20H2,1-2H3. The molecular formula is C27H36N4O4. The number of carbonyl (C=O) groups excluding carboxylic acids is 1. The summed E-state index contributed by atoms with van der Waals surface area (Å²) >= 11 is 0. The van der Waals surface area contributed by atoms with Crippen molar-refractivity contribution in [3.8, 4) is 0 Å². The van der Waals surface area contributed by atoms with Gasteiger partial charge in [0.25, 0.3) is 5.69 Å². The number of benzene rings is 2. The molecule has 0 aliphatic carbocycles. The minimum Gasteiger partial charge on any atom is -0.370 e. The van der Waals surface area contributed by atoms with Crippen LogP contribution in [0.5, 0.6) is 0 Å². The third-order valence-electron chi connectivity index (χ3n) is 7.10. The van der Waals surface area contributed by atoms with Gasteiger partial charge in [-0.3, -0.25) is 19.8 Å². The largest absolute Gasteiger partial charge is 0.370 e. The number of non-ortho nitro benzene ring substituents is 1. The van der Waals surface area contributed by atoms with E-state index >= 15 is 0 Å². The van der Waals surface area contributed by atoms with Crippen molar-refractivity contribution < 1.29 is 14.5 Å². The SMILES string of the molecule is CCN(CC)C(=O)C1CCCN(c2ccc([N+](=O)[O-])cc2C2OCCCN2Cc2ccccc2)C1. The van der Waals surface area contributed by atoms with Crippen LogP contribution in [0.25, 0.3) is 0 Å². The molecule has 188 valence electrons. The summed E-state index contributed by atoms with van der Waals surface area (Å²) < 4.78 is 6.26. The van der Waals surface area contributed by atoms with Gasteiger partial charge >= 0.3 is 0 Å². The van der Waals surface area contributed by atoms with Crippen LogP contribution in [0, 0.1) is 16.0 Å². The van der Waals surface area contributed by atoms with Crippen molar-refractivity contribution in [3.63, 3.8) is 0 Å². The Balaban J connectivity index is 1.65. The number of piperidine rings is 1. The Morgan fingerprint density at radius 3 is 2.60 bits per heavy atom. The Bertz CT molecular complexity index is 1010. The maximum absolute atomic E-state index is 13.1. The molecule has 0 bridgehead atoms. The lowest BCUT2D eigenvalue weighted by atomic mass is 9.94. The van der Waals surface area contributed by atoms with Crippen LogP contribution in [0.3, 0.4) is 0 Å². The number of anilines is 1. The first-order chi connectivity index (χ1) is 17.0. The second-order valence-electron chi connectivity index (χ2n) is 9.33. The molecule has 0 aromatic heterocycles. The lowest BCUT2D eigenvalue weighted by Gasteiger charge is -2.40. The number of nitro benzene ring substituents is 1. The first-order valence-electron chi connectivity index (χ1n) is 12.7. The summed E-state index contributed by atoms with van der Waals surface area (Å²) in [6, 6.07) is 15.3. The number of ether oxygens (including phenoxy) is 1. The maximum Gasteiger partial charge on any atom is 0.270 e. The predicted octanol–water partition coefficient (Wildman–Crippen LogP) is 4.60. The monoisotopic (exact) mass is 480 g/mol. The molecule has 8 heteroatoms. The van der Waals surface area contributed by atoms with Gasteiger partial charge in [-0.2, -0.15) is 0 Å². The number of amides is 1. The zero-order chi connectivity index (χ0) is 24.8. The van der Waals surface area contributed by atoms with Gasteiger partial charge in [0.1, 0.15) is 6.23 Å². The first kappa shape index (κ1) is 25.1. The van der Waals surface area contributed by atoms with E-state index < -0.39 is 0 Å². The Morgan fingerprint density at radius 1 is 1.11 bits per heavy atom. The number of nitro groups is 1. The number of hydrogen-bond donors (Lipinski definition) is 0. The van der Waals surface area contributed by atoms with E-state index in [-0.39, 0.29) is 28.7 Å². The molecule has 2 unspecified atom stereocenters. The van der Waals surface area contributed by atoms with Gasteiger partial charge in [-0.15, -0.1) is 0 Å². The van der Waals surface area contributed by atoms with Gasteiger partial charge in [-0.25, -0.2) is 0 Å². The molecule has 0 saturated carbocycles. The van der Waals surface area contributed by atoms with Gasteiger partial charge in [0.2, 0.25) is 5.91 Å². The van der Waals surface area contributed by atoms with Crippen LogP contribution in [-0.4, -0.2) is 60.0 Å². The molecule has 0 spiro atoms. The van der Waals surface area contributed by atoms with Gasteiger partial charge in [-0.1, -0.05) is 30.3 Å². The second kappa shape index (κ2) is 11.6. The molecular weight excluding hydrogens is 444 g/mol. The van der Waals surface area contributed by atoms with E-state index in [0.29, 0.717) is 32.8 Å². The van der Waals surface area contributed by atoms with Gasteiger partial charge in [0.05, 0.1) is 17.4 Å². The Kier molecular flexibility index (Phi) is 8.36. The number of hydrogen-bond acceptors (Lipinski definition) is 6. The molecule has 2 aliphatic rings. The highest BCUT2D eigenvalue weighted by molar-refractivity contribution is 5.80. The maximum atomic E-state index is 13.1. The summed E-state index contributed by atoms with van der Waals surface area (Å²) in [4.78, 5) is 30.8. The second-order valence-corrected chi connectivity index (χ2v) is 9.33. The molecule has 2 aliphatic heterocycles. The molecule has 2 heterocycles. The average molecular weight is 481 g/mol. The van der Waals surface area contributed by atoms with Gasteiger partial charge in [-0.05, 0) is 44.7 Å². The van der Waals surface area contributed by atoms with Crippen molar-refractivity contribution in [1.29, 1.82) is 0 Å². The van der Waals surface area contributed by atoms with Crippen molar-refractivity contribution >= 4 is 17.3 Å². The topological polar surface area (TPSA) is 79.2 Å². The average Bonchev–Trinajstić information content (AvgIpc) is 2.90. The van der Waals surface area contributed by atoms with Crippen LogP contribution in [-0.2, 0) is 16.1 Å². The molecule has 4 rings (SSSR count). The van der Waals surface area contributed by atoms with E-state index in [0.717, 1.165) is 43.6 Å². The fraction of sp³-hybridized carbons (Fsp3) is 0.519. The molecule has 2 atom stereocenters. The third kappa shape index (κ3) is 5.82. The van der Waals surface area contributed by atoms with Crippen LogP contribution in [0.4, 0.5) is 11.4 Å². The molecule has 2 aromatic rings. The van der Waals surface area contributed by atoms with Gasteiger partial charge in [0, 0.05) is 62.7 Å². The van der Waals surface area contributed by atoms with E-state index in [2.05, 4.69) is 21.9 Å². The molecule has 2 fully saturated rings. The summed E-state index contributed by atoms with van der Waals surface area (Å²) in [6.07, 6.45) is 2.32. The van der Waals surface area contributed by atoms with Crippen LogP contribution in [0.1, 0.15) is 50.5 Å². The van der Waals surface area contributed by atoms with E-state index in [1.807, 2.05) is 43.0 Å². The van der Waals surface area contributed by atoms with E-state index in [4.69, 9.17) is 4.74 Å². The van der Waals surface area contributed by atoms with Crippen LogP contribution < -0.4 is 4.90 Å². The number of rotatable bonds is 8. The summed E-state index contributed by atoms with van der Waals surface area (Å²) in [7, 11) is 0. The summed E-state index contributed by atoms with van der Waals surface area (Å²) in [5.41, 5.74) is 2.98. The molecule has 0 N–H and O–H groups in total. The third-order valence-corrected chi connectivity index (χ3v) is 7.10. The Labute approximate surface area is 207 Å². The van der Waals surface area contributed by atoms with Crippen LogP contribution in [0.15, 0.2) is 48.5 Å².